The minimum Gasteiger partial charge on any atom is -0.387 e. The number of aliphatic hydroxyl groups excluding tert-OH is 1. The van der Waals surface area contributed by atoms with Crippen LogP contribution in [0.4, 0.5) is 0 Å². The van der Waals surface area contributed by atoms with Crippen LogP contribution in [0.15, 0.2) is 48.6 Å². The molecule has 0 spiro atoms. The summed E-state index contributed by atoms with van der Waals surface area (Å²) in [6, 6.07) is -0.872. The molecule has 0 aromatic rings. The number of aliphatic hydroxyl groups is 1. The van der Waals surface area contributed by atoms with Crippen molar-refractivity contribution in [2.24, 2.45) is 0 Å². The van der Waals surface area contributed by atoms with Gasteiger partial charge in [0, 0.05) is 6.42 Å². The Balaban J connectivity index is 4.37. The van der Waals surface area contributed by atoms with Crippen molar-refractivity contribution in [3.63, 3.8) is 0 Å². The number of carbonyl (C=O) groups excluding carboxylic acids is 1. The Kier molecular flexibility index (Phi) is 41.6. The first-order valence-corrected chi connectivity index (χ1v) is 26.5. The first kappa shape index (κ1) is 58.5. The molecule has 352 valence electrons. The van der Waals surface area contributed by atoms with E-state index in [1.54, 1.807) is 6.08 Å². The second-order valence-corrected chi connectivity index (χ2v) is 19.6. The number of rotatable bonds is 45. The quantitative estimate of drug-likeness (QED) is 0.0244. The number of allylic oxidation sites excluding steroid dienone is 7. The summed E-state index contributed by atoms with van der Waals surface area (Å²) >= 11 is 0. The van der Waals surface area contributed by atoms with E-state index in [0.29, 0.717) is 17.4 Å². The Morgan fingerprint density at radius 2 is 0.917 bits per heavy atom. The number of nitrogens with zero attached hydrogens (tertiary/aromatic N) is 1. The molecule has 9 heteroatoms. The van der Waals surface area contributed by atoms with Gasteiger partial charge in [0.15, 0.2) is 0 Å². The van der Waals surface area contributed by atoms with Crippen molar-refractivity contribution in [1.29, 1.82) is 0 Å². The predicted octanol–water partition coefficient (Wildman–Crippen LogP) is 14.4. The number of hydrogen-bond acceptors (Lipinski definition) is 5. The normalized spacial score (nSPS) is 14.6. The van der Waals surface area contributed by atoms with Gasteiger partial charge in [-0.05, 0) is 70.6 Å². The first-order chi connectivity index (χ1) is 29.0. The van der Waals surface area contributed by atoms with Gasteiger partial charge in [0.2, 0.25) is 5.91 Å². The molecule has 0 radical (unpaired) electrons. The highest BCUT2D eigenvalue weighted by atomic mass is 31.2. The summed E-state index contributed by atoms with van der Waals surface area (Å²) in [7, 11) is 1.54. The molecule has 60 heavy (non-hydrogen) atoms. The largest absolute Gasteiger partial charge is 0.472 e. The Morgan fingerprint density at radius 1 is 0.550 bits per heavy atom. The number of amides is 1. The number of carbonyl (C=O) groups is 1. The zero-order valence-corrected chi connectivity index (χ0v) is 40.8. The molecule has 8 nitrogen and oxygen atoms in total. The molecule has 0 aromatic carbocycles. The SMILES string of the molecule is CCCCCCCC/C=C/CC/C=C/CC/C=C/C(O)C(COP(=O)(O)OCC[N+](C)(C)C)NC(=O)CCCCCCCCC/C=C\CCCCCCCCCCCCC. The molecule has 3 atom stereocenters. The lowest BCUT2D eigenvalue weighted by molar-refractivity contribution is -0.870. The molecule has 3 unspecified atom stereocenters. The number of quaternary nitrogens is 1. The van der Waals surface area contributed by atoms with Gasteiger partial charge in [-0.2, -0.15) is 0 Å². The molecule has 0 rings (SSSR count). The topological polar surface area (TPSA) is 105 Å². The van der Waals surface area contributed by atoms with Gasteiger partial charge in [-0.15, -0.1) is 0 Å². The Hall–Kier alpha value is -1.54. The molecule has 0 heterocycles. The van der Waals surface area contributed by atoms with Crippen LogP contribution < -0.4 is 5.32 Å². The molecule has 0 aliphatic carbocycles. The van der Waals surface area contributed by atoms with Gasteiger partial charge in [0.25, 0.3) is 0 Å². The Labute approximate surface area is 371 Å². The van der Waals surface area contributed by atoms with Gasteiger partial charge >= 0.3 is 7.82 Å². The Morgan fingerprint density at radius 3 is 1.33 bits per heavy atom. The van der Waals surface area contributed by atoms with Crippen LogP contribution in [0, 0.1) is 0 Å². The summed E-state index contributed by atoms with van der Waals surface area (Å²) in [5.41, 5.74) is 0. The zero-order chi connectivity index (χ0) is 44.3. The summed E-state index contributed by atoms with van der Waals surface area (Å²) in [5.74, 6) is -0.196. The van der Waals surface area contributed by atoms with Crippen LogP contribution in [0.1, 0.15) is 219 Å². The van der Waals surface area contributed by atoms with Gasteiger partial charge in [0.05, 0.1) is 39.9 Å². The maximum Gasteiger partial charge on any atom is 0.472 e. The molecule has 1 amide bonds. The third-order valence-corrected chi connectivity index (χ3v) is 12.0. The number of phosphoric acid groups is 1. The average Bonchev–Trinajstić information content (AvgIpc) is 3.20. The molecule has 0 aliphatic heterocycles. The molecule has 0 fully saturated rings. The number of unbranched alkanes of at least 4 members (excludes halogenated alkanes) is 26. The van der Waals surface area contributed by atoms with E-state index in [2.05, 4.69) is 55.6 Å². The fourth-order valence-electron chi connectivity index (χ4n) is 7.01. The van der Waals surface area contributed by atoms with E-state index in [-0.39, 0.29) is 19.1 Å². The van der Waals surface area contributed by atoms with Crippen LogP contribution in [-0.4, -0.2) is 73.4 Å². The van der Waals surface area contributed by atoms with Crippen molar-refractivity contribution in [3.8, 4) is 0 Å². The fourth-order valence-corrected chi connectivity index (χ4v) is 7.74. The smallest absolute Gasteiger partial charge is 0.387 e. The van der Waals surface area contributed by atoms with Crippen molar-refractivity contribution in [2.75, 3.05) is 40.9 Å². The van der Waals surface area contributed by atoms with Crippen LogP contribution in [0.25, 0.3) is 0 Å². The highest BCUT2D eigenvalue weighted by molar-refractivity contribution is 7.47. The van der Waals surface area contributed by atoms with Crippen LogP contribution in [0.3, 0.4) is 0 Å². The van der Waals surface area contributed by atoms with Gasteiger partial charge in [-0.1, -0.05) is 191 Å². The summed E-state index contributed by atoms with van der Waals surface area (Å²) in [6.45, 7) is 4.78. The maximum atomic E-state index is 12.9. The highest BCUT2D eigenvalue weighted by Crippen LogP contribution is 2.43. The van der Waals surface area contributed by atoms with E-state index in [4.69, 9.17) is 9.05 Å². The highest BCUT2D eigenvalue weighted by Gasteiger charge is 2.27. The third kappa shape index (κ3) is 44.5. The number of phosphoric ester groups is 1. The predicted molar refractivity (Wildman–Crippen MR) is 258 cm³/mol. The number of likely N-dealkylation sites (N-methyl/N-ethyl adjacent to an activating group) is 1. The van der Waals surface area contributed by atoms with E-state index in [9.17, 15) is 19.4 Å². The standard InChI is InChI=1S/C51H97N2O6P/c1-6-8-10-12-14-16-18-20-22-24-25-26-27-28-29-31-33-35-37-39-41-43-45-51(55)52-49(48-59-60(56,57)58-47-46-53(3,4)5)50(54)44-42-40-38-36-34-32-30-23-21-19-17-15-13-11-9-7-2/h21,23,27-28,34,36,42,44,49-50,54H,6-20,22,24-26,29-33,35,37-41,43,45-48H2,1-5H3,(H-,52,55,56,57)/p+1/b23-21+,28-27-,36-34+,44-42+. The molecule has 0 bridgehead atoms. The van der Waals surface area contributed by atoms with Gasteiger partial charge in [0.1, 0.15) is 13.2 Å². The molecular weight excluding hydrogens is 768 g/mol. The van der Waals surface area contributed by atoms with E-state index in [1.165, 1.54) is 154 Å². The third-order valence-electron chi connectivity index (χ3n) is 11.0. The number of hydrogen-bond donors (Lipinski definition) is 3. The zero-order valence-electron chi connectivity index (χ0n) is 39.9. The van der Waals surface area contributed by atoms with Crippen molar-refractivity contribution in [3.05, 3.63) is 48.6 Å². The van der Waals surface area contributed by atoms with E-state index in [1.807, 2.05) is 27.2 Å². The van der Waals surface area contributed by atoms with Gasteiger partial charge in [-0.3, -0.25) is 13.8 Å². The minimum atomic E-state index is -4.35. The average molecular weight is 866 g/mol. The molecule has 0 saturated carbocycles. The van der Waals surface area contributed by atoms with Crippen LogP contribution in [-0.2, 0) is 18.4 Å². The lowest BCUT2D eigenvalue weighted by Crippen LogP contribution is -2.45. The van der Waals surface area contributed by atoms with Crippen LogP contribution in [0.2, 0.25) is 0 Å². The van der Waals surface area contributed by atoms with Crippen molar-refractivity contribution in [1.82, 2.24) is 5.32 Å². The van der Waals surface area contributed by atoms with Crippen molar-refractivity contribution >= 4 is 13.7 Å². The van der Waals surface area contributed by atoms with Crippen molar-refractivity contribution < 1.29 is 32.9 Å². The minimum absolute atomic E-state index is 0.0519. The number of nitrogens with one attached hydrogen (secondary N) is 1. The summed E-state index contributed by atoms with van der Waals surface area (Å²) in [4.78, 5) is 23.2. The van der Waals surface area contributed by atoms with Crippen molar-refractivity contribution in [2.45, 2.75) is 231 Å². The molecular formula is C51H98N2O6P+. The molecule has 3 N–H and O–H groups in total. The molecule has 0 aliphatic rings. The van der Waals surface area contributed by atoms with Crippen LogP contribution >= 0.6 is 7.82 Å². The van der Waals surface area contributed by atoms with E-state index in [0.717, 1.165) is 44.9 Å². The second-order valence-electron chi connectivity index (χ2n) is 18.2. The summed E-state index contributed by atoms with van der Waals surface area (Å²) < 4.78 is 23.6. The lowest BCUT2D eigenvalue weighted by Gasteiger charge is -2.25. The first-order valence-electron chi connectivity index (χ1n) is 25.0. The Bertz CT molecular complexity index is 1120. The van der Waals surface area contributed by atoms with Crippen LogP contribution in [0.5, 0.6) is 0 Å². The second kappa shape index (κ2) is 42.7. The maximum absolute atomic E-state index is 12.9. The van der Waals surface area contributed by atoms with E-state index < -0.39 is 20.0 Å². The monoisotopic (exact) mass is 866 g/mol. The summed E-state index contributed by atoms with van der Waals surface area (Å²) in [5, 5.41) is 13.8. The van der Waals surface area contributed by atoms with Gasteiger partial charge < -0.3 is 19.8 Å². The fraction of sp³-hybridized carbons (Fsp3) is 0.824. The molecule has 0 saturated heterocycles. The molecule has 0 aromatic heterocycles. The van der Waals surface area contributed by atoms with E-state index >= 15 is 0 Å². The summed E-state index contributed by atoms with van der Waals surface area (Å²) in [6.07, 6.45) is 54.8. The van der Waals surface area contributed by atoms with Gasteiger partial charge in [-0.25, -0.2) is 4.57 Å². The lowest BCUT2D eigenvalue weighted by atomic mass is 10.0.